The molecule has 0 aliphatic carbocycles. The fourth-order valence-electron chi connectivity index (χ4n) is 5.60. The average molecular weight is 655 g/mol. The third kappa shape index (κ3) is 38.0. The summed E-state index contributed by atoms with van der Waals surface area (Å²) in [7, 11) is 0. The first-order chi connectivity index (χ1) is 23.1. The van der Waals surface area contributed by atoms with Gasteiger partial charge in [0, 0.05) is 12.8 Å². The predicted octanol–water partition coefficient (Wildman–Crippen LogP) is 13.7. The lowest BCUT2D eigenvalue weighted by Crippen LogP contribution is -2.16. The van der Waals surface area contributed by atoms with Crippen molar-refractivity contribution in [3.63, 3.8) is 0 Å². The molecule has 0 fully saturated rings. The molecule has 0 saturated heterocycles. The minimum atomic E-state index is -0.775. The number of carbonyl (C=O) groups is 2. The summed E-state index contributed by atoms with van der Waals surface area (Å²) in [6.45, 7) is 4.43. The first kappa shape index (κ1) is 44.6. The van der Waals surface area contributed by atoms with Crippen LogP contribution >= 0.6 is 0 Å². The topological polar surface area (TPSA) is 63.6 Å². The first-order valence-electron chi connectivity index (χ1n) is 19.8. The third-order valence-electron chi connectivity index (χ3n) is 8.49. The molecule has 4 nitrogen and oxygen atoms in total. The van der Waals surface area contributed by atoms with Gasteiger partial charge in [0.25, 0.3) is 0 Å². The van der Waals surface area contributed by atoms with Crippen LogP contribution in [0.25, 0.3) is 0 Å². The van der Waals surface area contributed by atoms with Crippen molar-refractivity contribution in [3.05, 3.63) is 60.8 Å². The van der Waals surface area contributed by atoms with Gasteiger partial charge in [-0.1, -0.05) is 178 Å². The number of carboxylic acids is 1. The molecule has 0 aromatic heterocycles. The van der Waals surface area contributed by atoms with Gasteiger partial charge in [0.15, 0.2) is 0 Å². The minimum Gasteiger partial charge on any atom is -0.481 e. The zero-order chi connectivity index (χ0) is 34.3. The smallest absolute Gasteiger partial charge is 0.306 e. The molecule has 0 aliphatic rings. The number of carboxylic acid groups (broad SMARTS) is 1. The van der Waals surface area contributed by atoms with Crippen molar-refractivity contribution in [1.29, 1.82) is 0 Å². The van der Waals surface area contributed by atoms with Crippen LogP contribution in [-0.2, 0) is 14.3 Å². The molecule has 47 heavy (non-hydrogen) atoms. The van der Waals surface area contributed by atoms with Crippen LogP contribution in [-0.4, -0.2) is 23.1 Å². The highest BCUT2D eigenvalue weighted by Crippen LogP contribution is 2.16. The van der Waals surface area contributed by atoms with Crippen molar-refractivity contribution in [2.75, 3.05) is 0 Å². The van der Waals surface area contributed by atoms with Crippen molar-refractivity contribution < 1.29 is 19.4 Å². The number of allylic oxidation sites excluding steroid dienone is 9. The molecule has 270 valence electrons. The molecule has 0 radical (unpaired) electrons. The van der Waals surface area contributed by atoms with E-state index in [4.69, 9.17) is 9.84 Å². The summed E-state index contributed by atoms with van der Waals surface area (Å²) in [6.07, 6.45) is 52.5. The van der Waals surface area contributed by atoms with Gasteiger partial charge >= 0.3 is 11.9 Å². The Morgan fingerprint density at radius 2 is 0.872 bits per heavy atom. The molecule has 0 aromatic carbocycles. The van der Waals surface area contributed by atoms with E-state index in [2.05, 4.69) is 68.5 Å². The lowest BCUT2D eigenvalue weighted by Gasteiger charge is -2.14. The van der Waals surface area contributed by atoms with Gasteiger partial charge in [0.05, 0.1) is 0 Å². The standard InChI is InChI=1S/C43H74O4/c1-3-5-7-9-11-13-15-17-19-20-21-22-24-26-28-30-32-34-40-43(46)47-41(38-35-36-39-42(44)45)37-33-31-29-27-25-23-18-16-14-12-10-8-6-4-2/h6,8,12,14,18,23,27,29,33,37,41H,3-5,7,9-11,13,15-17,19-22,24-26,28,30-32,34-36,38-40H2,1-2H3,(H,44,45)/b8-6-,14-12-,23-18-,29-27-,37-33-. The number of aliphatic carboxylic acids is 1. The maximum absolute atomic E-state index is 12.5. The molecule has 0 rings (SSSR count). The number of rotatable bonds is 35. The van der Waals surface area contributed by atoms with Crippen LogP contribution in [0, 0.1) is 0 Å². The number of hydrogen-bond acceptors (Lipinski definition) is 3. The summed E-state index contributed by atoms with van der Waals surface area (Å²) < 4.78 is 5.79. The number of unbranched alkanes of at least 4 members (excludes halogenated alkanes) is 18. The first-order valence-corrected chi connectivity index (χ1v) is 19.8. The fourth-order valence-corrected chi connectivity index (χ4v) is 5.60. The number of esters is 1. The monoisotopic (exact) mass is 655 g/mol. The van der Waals surface area contributed by atoms with Crippen LogP contribution in [0.3, 0.4) is 0 Å². The van der Waals surface area contributed by atoms with Crippen molar-refractivity contribution in [2.45, 2.75) is 200 Å². The van der Waals surface area contributed by atoms with E-state index in [1.165, 1.54) is 103 Å². The Morgan fingerprint density at radius 1 is 0.489 bits per heavy atom. The Labute approximate surface area is 291 Å². The Bertz CT molecular complexity index is 835. The zero-order valence-electron chi connectivity index (χ0n) is 30.8. The molecule has 0 spiro atoms. The summed E-state index contributed by atoms with van der Waals surface area (Å²) in [6, 6.07) is 0. The van der Waals surface area contributed by atoms with E-state index in [0.717, 1.165) is 51.4 Å². The lowest BCUT2D eigenvalue weighted by molar-refractivity contribution is -0.147. The molecule has 0 bridgehead atoms. The molecule has 0 saturated carbocycles. The highest BCUT2D eigenvalue weighted by atomic mass is 16.5. The average Bonchev–Trinajstić information content (AvgIpc) is 3.06. The van der Waals surface area contributed by atoms with Gasteiger partial charge in [0.1, 0.15) is 6.10 Å². The van der Waals surface area contributed by atoms with E-state index in [1.54, 1.807) is 0 Å². The maximum Gasteiger partial charge on any atom is 0.306 e. The Hall–Kier alpha value is -2.36. The van der Waals surface area contributed by atoms with Gasteiger partial charge in [-0.3, -0.25) is 9.59 Å². The summed E-state index contributed by atoms with van der Waals surface area (Å²) >= 11 is 0. The molecule has 4 heteroatoms. The number of hydrogen-bond donors (Lipinski definition) is 1. The molecular formula is C43H74O4. The molecule has 1 unspecified atom stereocenters. The van der Waals surface area contributed by atoms with Crippen LogP contribution in [0.15, 0.2) is 60.8 Å². The summed E-state index contributed by atoms with van der Waals surface area (Å²) in [5, 5.41) is 8.93. The van der Waals surface area contributed by atoms with Crippen LogP contribution in [0.4, 0.5) is 0 Å². The van der Waals surface area contributed by atoms with Crippen LogP contribution < -0.4 is 0 Å². The molecule has 0 aromatic rings. The Balaban J connectivity index is 4.00. The zero-order valence-corrected chi connectivity index (χ0v) is 30.8. The molecule has 0 aliphatic heterocycles. The van der Waals surface area contributed by atoms with E-state index >= 15 is 0 Å². The number of ether oxygens (including phenoxy) is 1. The SMILES string of the molecule is CC/C=C\C/C=C\C/C=C\C/C=C\C/C=C\C(CCCCC(=O)O)OC(=O)CCCCCCCCCCCCCCCCCCCC. The van der Waals surface area contributed by atoms with E-state index in [0.29, 0.717) is 19.3 Å². The van der Waals surface area contributed by atoms with Gasteiger partial charge in [-0.25, -0.2) is 0 Å². The molecular weight excluding hydrogens is 580 g/mol. The summed E-state index contributed by atoms with van der Waals surface area (Å²) in [5.41, 5.74) is 0. The maximum atomic E-state index is 12.5. The van der Waals surface area contributed by atoms with Gasteiger partial charge in [-0.05, 0) is 63.9 Å². The van der Waals surface area contributed by atoms with Crippen molar-refractivity contribution in [1.82, 2.24) is 0 Å². The highest BCUT2D eigenvalue weighted by molar-refractivity contribution is 5.69. The van der Waals surface area contributed by atoms with Gasteiger partial charge in [-0.15, -0.1) is 0 Å². The third-order valence-corrected chi connectivity index (χ3v) is 8.49. The van der Waals surface area contributed by atoms with Crippen LogP contribution in [0.5, 0.6) is 0 Å². The minimum absolute atomic E-state index is 0.134. The Morgan fingerprint density at radius 3 is 1.30 bits per heavy atom. The lowest BCUT2D eigenvalue weighted by atomic mass is 10.0. The van der Waals surface area contributed by atoms with Gasteiger partial charge in [-0.2, -0.15) is 0 Å². The van der Waals surface area contributed by atoms with Gasteiger partial charge < -0.3 is 9.84 Å². The second kappa shape index (κ2) is 38.1. The van der Waals surface area contributed by atoms with E-state index in [-0.39, 0.29) is 18.5 Å². The summed E-state index contributed by atoms with van der Waals surface area (Å²) in [5.74, 6) is -0.909. The quantitative estimate of drug-likeness (QED) is 0.0419. The molecule has 1 N–H and O–H groups in total. The molecule has 1 atom stereocenters. The van der Waals surface area contributed by atoms with E-state index in [9.17, 15) is 9.59 Å². The Kier molecular flexibility index (Phi) is 36.2. The molecule has 0 heterocycles. The van der Waals surface area contributed by atoms with E-state index < -0.39 is 5.97 Å². The van der Waals surface area contributed by atoms with Crippen LogP contribution in [0.1, 0.15) is 194 Å². The molecule has 0 amide bonds. The van der Waals surface area contributed by atoms with Crippen molar-refractivity contribution in [3.8, 4) is 0 Å². The largest absolute Gasteiger partial charge is 0.481 e. The number of carbonyl (C=O) groups excluding carboxylic acids is 1. The van der Waals surface area contributed by atoms with E-state index in [1.807, 2.05) is 6.08 Å². The fraction of sp³-hybridized carbons (Fsp3) is 0.721. The van der Waals surface area contributed by atoms with Crippen molar-refractivity contribution >= 4 is 11.9 Å². The summed E-state index contributed by atoms with van der Waals surface area (Å²) in [4.78, 5) is 23.4. The predicted molar refractivity (Wildman–Crippen MR) is 204 cm³/mol. The second-order valence-corrected chi connectivity index (χ2v) is 13.1. The van der Waals surface area contributed by atoms with Gasteiger partial charge in [0.2, 0.25) is 0 Å². The van der Waals surface area contributed by atoms with Crippen molar-refractivity contribution in [2.24, 2.45) is 0 Å². The normalized spacial score (nSPS) is 12.9. The second-order valence-electron chi connectivity index (χ2n) is 13.1. The highest BCUT2D eigenvalue weighted by Gasteiger charge is 2.12. The van der Waals surface area contributed by atoms with Crippen LogP contribution in [0.2, 0.25) is 0 Å².